The van der Waals surface area contributed by atoms with Crippen LogP contribution >= 0.6 is 0 Å². The second-order valence-electron chi connectivity index (χ2n) is 8.50. The molecule has 5 nitrogen and oxygen atoms in total. The zero-order valence-electron chi connectivity index (χ0n) is 17.4. The summed E-state index contributed by atoms with van der Waals surface area (Å²) in [5, 5.41) is 7.68. The highest BCUT2D eigenvalue weighted by atomic mass is 16.1. The van der Waals surface area contributed by atoms with E-state index in [-0.39, 0.29) is 5.91 Å². The van der Waals surface area contributed by atoms with Crippen molar-refractivity contribution in [2.24, 2.45) is 11.8 Å². The molecule has 2 heterocycles. The number of carbonyl (C=O) groups excluding carboxylic acids is 1. The molecule has 1 aliphatic rings. The molecule has 26 heavy (non-hydrogen) atoms. The first-order valence-electron chi connectivity index (χ1n) is 10.5. The molecule has 1 aliphatic heterocycles. The van der Waals surface area contributed by atoms with Crippen LogP contribution in [-0.4, -0.2) is 46.8 Å². The highest BCUT2D eigenvalue weighted by molar-refractivity contribution is 5.95. The number of rotatable bonds is 9. The van der Waals surface area contributed by atoms with Crippen molar-refractivity contribution in [3.8, 4) is 0 Å². The van der Waals surface area contributed by atoms with Gasteiger partial charge in [-0.25, -0.2) is 0 Å². The zero-order valence-corrected chi connectivity index (χ0v) is 17.4. The van der Waals surface area contributed by atoms with E-state index in [4.69, 9.17) is 0 Å². The Hall–Kier alpha value is -1.36. The first-order valence-corrected chi connectivity index (χ1v) is 10.5. The smallest absolute Gasteiger partial charge is 0.254 e. The fourth-order valence-corrected chi connectivity index (χ4v) is 3.80. The summed E-state index contributed by atoms with van der Waals surface area (Å²) in [6.07, 6.45) is 6.43. The van der Waals surface area contributed by atoms with E-state index in [2.05, 4.69) is 49.9 Å². The van der Waals surface area contributed by atoms with E-state index >= 15 is 0 Å². The second kappa shape index (κ2) is 10.1. The van der Waals surface area contributed by atoms with Gasteiger partial charge in [0.25, 0.3) is 5.91 Å². The lowest BCUT2D eigenvalue weighted by atomic mass is 9.96. The van der Waals surface area contributed by atoms with Crippen molar-refractivity contribution in [2.45, 2.75) is 72.8 Å². The zero-order chi connectivity index (χ0) is 19.1. The van der Waals surface area contributed by atoms with Crippen LogP contribution in [0.15, 0.2) is 6.20 Å². The number of nitrogens with zero attached hydrogens (tertiary/aromatic N) is 3. The van der Waals surface area contributed by atoms with Crippen LogP contribution in [0, 0.1) is 11.8 Å². The highest BCUT2D eigenvalue weighted by Gasteiger charge is 2.22. The molecule has 0 radical (unpaired) electrons. The lowest BCUT2D eigenvalue weighted by Gasteiger charge is -2.31. The van der Waals surface area contributed by atoms with Gasteiger partial charge in [0, 0.05) is 13.1 Å². The van der Waals surface area contributed by atoms with Gasteiger partial charge in [-0.1, -0.05) is 34.6 Å². The number of likely N-dealkylation sites (tertiary alicyclic amines) is 1. The topological polar surface area (TPSA) is 50.2 Å². The van der Waals surface area contributed by atoms with Crippen LogP contribution in [0.25, 0.3) is 0 Å². The van der Waals surface area contributed by atoms with E-state index in [1.807, 2.05) is 4.68 Å². The molecule has 0 unspecified atom stereocenters. The van der Waals surface area contributed by atoms with Gasteiger partial charge in [0.1, 0.15) is 0 Å². The molecule has 1 amide bonds. The summed E-state index contributed by atoms with van der Waals surface area (Å²) in [5.41, 5.74) is 1.83. The molecule has 1 fully saturated rings. The molecule has 0 saturated carbocycles. The lowest BCUT2D eigenvalue weighted by molar-refractivity contribution is 0.0934. The third-order valence-corrected chi connectivity index (χ3v) is 5.39. The summed E-state index contributed by atoms with van der Waals surface area (Å²) < 4.78 is 2.03. The van der Waals surface area contributed by atoms with Gasteiger partial charge in [-0.2, -0.15) is 5.10 Å². The van der Waals surface area contributed by atoms with E-state index < -0.39 is 0 Å². The van der Waals surface area contributed by atoms with Crippen molar-refractivity contribution in [1.29, 1.82) is 0 Å². The maximum Gasteiger partial charge on any atom is 0.254 e. The molecule has 0 aliphatic carbocycles. The molecule has 1 saturated heterocycles. The first kappa shape index (κ1) is 20.9. The SMILES string of the molecule is CCCN1CCC(CNC(=O)c2cnn(CCC(C)C)c2C(C)C)CC1. The standard InChI is InChI=1S/C21H38N4O/c1-6-10-24-11-8-18(9-12-24)14-22-21(26)19-15-23-25(13-7-16(2)3)20(19)17(4)5/h15-18H,6-14H2,1-5H3,(H,22,26). The number of aryl methyl sites for hydroxylation is 1. The molecule has 5 heteroatoms. The predicted molar refractivity (Wildman–Crippen MR) is 108 cm³/mol. The monoisotopic (exact) mass is 362 g/mol. The minimum atomic E-state index is 0.0421. The Morgan fingerprint density at radius 2 is 1.92 bits per heavy atom. The van der Waals surface area contributed by atoms with Crippen molar-refractivity contribution in [2.75, 3.05) is 26.2 Å². The van der Waals surface area contributed by atoms with Crippen molar-refractivity contribution in [3.63, 3.8) is 0 Å². The lowest BCUT2D eigenvalue weighted by Crippen LogP contribution is -2.39. The van der Waals surface area contributed by atoms with Gasteiger partial charge in [0.2, 0.25) is 0 Å². The van der Waals surface area contributed by atoms with E-state index in [1.54, 1.807) is 6.20 Å². The van der Waals surface area contributed by atoms with E-state index in [1.165, 1.54) is 38.9 Å². The van der Waals surface area contributed by atoms with E-state index in [0.717, 1.165) is 30.8 Å². The Morgan fingerprint density at radius 1 is 1.23 bits per heavy atom. The molecular weight excluding hydrogens is 324 g/mol. The average Bonchev–Trinajstić information content (AvgIpc) is 3.03. The van der Waals surface area contributed by atoms with Gasteiger partial charge in [-0.3, -0.25) is 9.48 Å². The Balaban J connectivity index is 1.91. The second-order valence-corrected chi connectivity index (χ2v) is 8.50. The van der Waals surface area contributed by atoms with Crippen molar-refractivity contribution in [1.82, 2.24) is 20.0 Å². The summed E-state index contributed by atoms with van der Waals surface area (Å²) in [7, 11) is 0. The maximum absolute atomic E-state index is 12.8. The third-order valence-electron chi connectivity index (χ3n) is 5.39. The van der Waals surface area contributed by atoms with Crippen molar-refractivity contribution in [3.05, 3.63) is 17.5 Å². The molecule has 0 bridgehead atoms. The van der Waals surface area contributed by atoms with Crippen LogP contribution in [0.4, 0.5) is 0 Å². The molecule has 148 valence electrons. The van der Waals surface area contributed by atoms with Gasteiger partial charge in [-0.15, -0.1) is 0 Å². The van der Waals surface area contributed by atoms with Crippen LogP contribution in [0.5, 0.6) is 0 Å². The number of piperidine rings is 1. The quantitative estimate of drug-likeness (QED) is 0.725. The number of aromatic nitrogens is 2. The Kier molecular flexibility index (Phi) is 8.14. The number of amides is 1. The molecule has 1 aromatic heterocycles. The number of nitrogens with one attached hydrogen (secondary N) is 1. The van der Waals surface area contributed by atoms with Crippen molar-refractivity contribution >= 4 is 5.91 Å². The van der Waals surface area contributed by atoms with E-state index in [9.17, 15) is 4.79 Å². The Bertz CT molecular complexity index is 556. The van der Waals surface area contributed by atoms with Gasteiger partial charge in [0.15, 0.2) is 0 Å². The van der Waals surface area contributed by atoms with Crippen LogP contribution in [-0.2, 0) is 6.54 Å². The van der Waals surface area contributed by atoms with Crippen LogP contribution < -0.4 is 5.32 Å². The molecular formula is C21H38N4O. The van der Waals surface area contributed by atoms with Crippen LogP contribution in [0.1, 0.15) is 82.3 Å². The number of carbonyl (C=O) groups is 1. The largest absolute Gasteiger partial charge is 0.352 e. The average molecular weight is 363 g/mol. The summed E-state index contributed by atoms with van der Waals surface area (Å²) in [5.74, 6) is 1.57. The van der Waals surface area contributed by atoms with Crippen molar-refractivity contribution < 1.29 is 4.79 Å². The highest BCUT2D eigenvalue weighted by Crippen LogP contribution is 2.21. The molecule has 0 spiro atoms. The first-order chi connectivity index (χ1) is 12.4. The minimum absolute atomic E-state index is 0.0421. The predicted octanol–water partition coefficient (Wildman–Crippen LogP) is 3.90. The summed E-state index contributed by atoms with van der Waals surface area (Å²) >= 11 is 0. The molecule has 2 rings (SSSR count). The van der Waals surface area contributed by atoms with Gasteiger partial charge >= 0.3 is 0 Å². The normalized spacial score (nSPS) is 16.6. The Morgan fingerprint density at radius 3 is 2.50 bits per heavy atom. The summed E-state index contributed by atoms with van der Waals surface area (Å²) in [6.45, 7) is 16.2. The third kappa shape index (κ3) is 5.83. The van der Waals surface area contributed by atoms with Crippen LogP contribution in [0.3, 0.4) is 0 Å². The van der Waals surface area contributed by atoms with Gasteiger partial charge in [0.05, 0.1) is 17.5 Å². The fraction of sp³-hybridized carbons (Fsp3) is 0.810. The number of hydrogen-bond donors (Lipinski definition) is 1. The van der Waals surface area contributed by atoms with Crippen LogP contribution in [0.2, 0.25) is 0 Å². The number of hydrogen-bond acceptors (Lipinski definition) is 3. The molecule has 1 aromatic rings. The Labute approximate surface area is 159 Å². The maximum atomic E-state index is 12.8. The summed E-state index contributed by atoms with van der Waals surface area (Å²) in [4.78, 5) is 15.3. The van der Waals surface area contributed by atoms with E-state index in [0.29, 0.717) is 17.8 Å². The van der Waals surface area contributed by atoms with Gasteiger partial charge < -0.3 is 10.2 Å². The minimum Gasteiger partial charge on any atom is -0.352 e. The summed E-state index contributed by atoms with van der Waals surface area (Å²) in [6, 6.07) is 0. The molecule has 0 aromatic carbocycles. The fourth-order valence-electron chi connectivity index (χ4n) is 3.80. The van der Waals surface area contributed by atoms with Gasteiger partial charge in [-0.05, 0) is 63.1 Å². The molecule has 1 N–H and O–H groups in total. The molecule has 0 atom stereocenters.